The Labute approximate surface area is 294 Å². The number of urea groups is 1. The summed E-state index contributed by atoms with van der Waals surface area (Å²) >= 11 is 0. The lowest BCUT2D eigenvalue weighted by Crippen LogP contribution is -2.49. The minimum Gasteiger partial charge on any atom is -0.467 e. The van der Waals surface area contributed by atoms with Gasteiger partial charge in [-0.25, -0.2) is 9.59 Å². The van der Waals surface area contributed by atoms with Crippen molar-refractivity contribution in [1.29, 1.82) is 0 Å². The van der Waals surface area contributed by atoms with E-state index in [-0.39, 0.29) is 18.8 Å². The third-order valence-electron chi connectivity index (χ3n) is 9.28. The fraction of sp³-hybridized carbons (Fsp3) is 0.350. The number of amides is 2. The predicted molar refractivity (Wildman–Crippen MR) is 191 cm³/mol. The summed E-state index contributed by atoms with van der Waals surface area (Å²) in [7, 11) is 1.31. The summed E-state index contributed by atoms with van der Waals surface area (Å²) in [5, 5.41) is 15.2. The number of hydrogen-bond donors (Lipinski definition) is 3. The van der Waals surface area contributed by atoms with E-state index in [1.165, 1.54) is 12.7 Å². The molecule has 0 aromatic heterocycles. The molecular weight excluding hydrogens is 632 g/mol. The van der Waals surface area contributed by atoms with Gasteiger partial charge in [-0.15, -0.1) is 0 Å². The highest BCUT2D eigenvalue weighted by Gasteiger charge is 2.34. The molecule has 2 heterocycles. The summed E-state index contributed by atoms with van der Waals surface area (Å²) in [6, 6.07) is 33.9. The second kappa shape index (κ2) is 17.4. The minimum atomic E-state index is -0.852. The number of anilines is 1. The zero-order valence-corrected chi connectivity index (χ0v) is 28.4. The summed E-state index contributed by atoms with van der Waals surface area (Å²) < 4.78 is 18.1. The monoisotopic (exact) mass is 678 g/mol. The number of nitrogens with one attached hydrogen (secondary N) is 2. The van der Waals surface area contributed by atoms with Gasteiger partial charge in [-0.1, -0.05) is 97.1 Å². The van der Waals surface area contributed by atoms with Crippen LogP contribution in [-0.2, 0) is 38.6 Å². The molecule has 4 atom stereocenters. The van der Waals surface area contributed by atoms with Crippen LogP contribution in [0.2, 0.25) is 0 Å². The average molecular weight is 679 g/mol. The quantitative estimate of drug-likeness (QED) is 0.170. The molecule has 10 nitrogen and oxygen atoms in total. The number of piperazine rings is 1. The van der Waals surface area contributed by atoms with E-state index in [1.807, 2.05) is 72.8 Å². The van der Waals surface area contributed by atoms with E-state index < -0.39 is 24.3 Å². The van der Waals surface area contributed by atoms with E-state index in [0.717, 1.165) is 61.5 Å². The van der Waals surface area contributed by atoms with Crippen molar-refractivity contribution in [3.63, 3.8) is 0 Å². The van der Waals surface area contributed by atoms with Crippen LogP contribution in [0.25, 0.3) is 0 Å². The van der Waals surface area contributed by atoms with Gasteiger partial charge in [0.1, 0.15) is 6.04 Å². The van der Waals surface area contributed by atoms with Gasteiger partial charge in [-0.2, -0.15) is 0 Å². The van der Waals surface area contributed by atoms with Crippen LogP contribution >= 0.6 is 0 Å². The lowest BCUT2D eigenvalue weighted by molar-refractivity contribution is -0.253. The summed E-state index contributed by atoms with van der Waals surface area (Å²) in [6.07, 6.45) is 0.0201. The van der Waals surface area contributed by atoms with Crippen molar-refractivity contribution in [1.82, 2.24) is 15.1 Å². The average Bonchev–Trinajstić information content (AvgIpc) is 3.16. The molecule has 0 unspecified atom stereocenters. The fourth-order valence-electron chi connectivity index (χ4n) is 6.57. The maximum absolute atomic E-state index is 13.1. The maximum Gasteiger partial charge on any atom is 0.328 e. The molecule has 2 aliphatic rings. The highest BCUT2D eigenvalue weighted by molar-refractivity contribution is 5.92. The van der Waals surface area contributed by atoms with Crippen LogP contribution < -0.4 is 10.6 Å². The molecule has 4 aromatic carbocycles. The minimum absolute atomic E-state index is 0.0174. The van der Waals surface area contributed by atoms with Gasteiger partial charge in [-0.05, 0) is 34.4 Å². The van der Waals surface area contributed by atoms with Crippen LogP contribution in [0.5, 0.6) is 0 Å². The number of aliphatic hydroxyl groups is 1. The van der Waals surface area contributed by atoms with Gasteiger partial charge in [0.05, 0.1) is 25.9 Å². The number of ether oxygens (including phenoxy) is 3. The van der Waals surface area contributed by atoms with E-state index in [2.05, 4.69) is 50.8 Å². The summed E-state index contributed by atoms with van der Waals surface area (Å²) in [6.45, 7) is 5.61. The summed E-state index contributed by atoms with van der Waals surface area (Å²) in [5.74, 6) is -0.525. The Balaban J connectivity index is 1.12. The number of carbonyl (C=O) groups excluding carboxylic acids is 2. The second-order valence-corrected chi connectivity index (χ2v) is 12.9. The van der Waals surface area contributed by atoms with Crippen LogP contribution in [0, 0.1) is 0 Å². The lowest BCUT2D eigenvalue weighted by atomic mass is 9.99. The van der Waals surface area contributed by atoms with Crippen molar-refractivity contribution in [3.05, 3.63) is 137 Å². The highest BCUT2D eigenvalue weighted by Crippen LogP contribution is 2.38. The van der Waals surface area contributed by atoms with Gasteiger partial charge in [0.25, 0.3) is 0 Å². The van der Waals surface area contributed by atoms with Crippen molar-refractivity contribution >= 4 is 17.7 Å². The van der Waals surface area contributed by atoms with Crippen molar-refractivity contribution in [3.8, 4) is 0 Å². The number of esters is 1. The number of aliphatic hydroxyl groups excluding tert-OH is 1. The Morgan fingerprint density at radius 1 is 0.800 bits per heavy atom. The Kier molecular flexibility index (Phi) is 12.3. The number of hydrogen-bond acceptors (Lipinski definition) is 8. The number of rotatable bonds is 12. The molecule has 2 amide bonds. The summed E-state index contributed by atoms with van der Waals surface area (Å²) in [4.78, 5) is 30.5. The molecule has 2 fully saturated rings. The molecule has 0 bridgehead atoms. The van der Waals surface area contributed by atoms with Crippen LogP contribution in [0.3, 0.4) is 0 Å². The second-order valence-electron chi connectivity index (χ2n) is 12.9. The van der Waals surface area contributed by atoms with Crippen LogP contribution in [-0.4, -0.2) is 78.9 Å². The third-order valence-corrected chi connectivity index (χ3v) is 9.28. The van der Waals surface area contributed by atoms with Gasteiger partial charge < -0.3 is 30.0 Å². The molecule has 262 valence electrons. The number of nitrogens with zero attached hydrogens (tertiary/aromatic N) is 2. The lowest BCUT2D eigenvalue weighted by Gasteiger charge is -2.41. The Hall–Kier alpha value is -4.58. The highest BCUT2D eigenvalue weighted by atomic mass is 16.7. The Bertz CT molecular complexity index is 1660. The third kappa shape index (κ3) is 9.77. The largest absolute Gasteiger partial charge is 0.467 e. The molecule has 0 aliphatic carbocycles. The van der Waals surface area contributed by atoms with Crippen LogP contribution in [0.4, 0.5) is 10.5 Å². The first-order chi connectivity index (χ1) is 24.4. The molecule has 50 heavy (non-hydrogen) atoms. The van der Waals surface area contributed by atoms with Gasteiger partial charge in [0.15, 0.2) is 6.29 Å². The normalized spacial score (nSPS) is 20.5. The van der Waals surface area contributed by atoms with Gasteiger partial charge in [-0.3, -0.25) is 9.80 Å². The fourth-order valence-corrected chi connectivity index (χ4v) is 6.57. The maximum atomic E-state index is 13.1. The molecule has 4 aromatic rings. The number of benzene rings is 4. The van der Waals surface area contributed by atoms with Gasteiger partial charge in [0.2, 0.25) is 0 Å². The zero-order valence-electron chi connectivity index (χ0n) is 28.4. The SMILES string of the molecule is COC(=O)[C@H](Cc1ccccc1)NC(=O)Nc1cccc([C@@H]2O[C@H](CN3CCN(Cc4ccccc4)CC3)C[C@H](c3ccc(CO)cc3)O2)c1. The van der Waals surface area contributed by atoms with Crippen molar-refractivity contribution in [2.24, 2.45) is 0 Å². The van der Waals surface area contributed by atoms with Crippen LogP contribution in [0.1, 0.15) is 46.6 Å². The smallest absolute Gasteiger partial charge is 0.328 e. The molecule has 0 spiro atoms. The van der Waals surface area contributed by atoms with E-state index in [0.29, 0.717) is 18.5 Å². The topological polar surface area (TPSA) is 113 Å². The Morgan fingerprint density at radius 2 is 1.48 bits per heavy atom. The summed E-state index contributed by atoms with van der Waals surface area (Å²) in [5.41, 5.74) is 5.41. The van der Waals surface area contributed by atoms with E-state index in [9.17, 15) is 14.7 Å². The van der Waals surface area contributed by atoms with Crippen LogP contribution in [0.15, 0.2) is 109 Å². The van der Waals surface area contributed by atoms with E-state index in [4.69, 9.17) is 14.2 Å². The van der Waals surface area contributed by atoms with Crippen molar-refractivity contribution in [2.45, 2.75) is 50.5 Å². The Morgan fingerprint density at radius 3 is 2.16 bits per heavy atom. The number of carbonyl (C=O) groups is 2. The molecule has 0 radical (unpaired) electrons. The van der Waals surface area contributed by atoms with E-state index >= 15 is 0 Å². The van der Waals surface area contributed by atoms with Crippen molar-refractivity contribution < 1.29 is 28.9 Å². The van der Waals surface area contributed by atoms with Crippen molar-refractivity contribution in [2.75, 3.05) is 45.2 Å². The molecule has 2 aliphatic heterocycles. The van der Waals surface area contributed by atoms with Gasteiger partial charge in [0, 0.05) is 63.4 Å². The molecule has 3 N–H and O–H groups in total. The van der Waals surface area contributed by atoms with Gasteiger partial charge >= 0.3 is 12.0 Å². The standard InChI is InChI=1S/C40H46N4O6/c1-48-38(46)36(23-29-9-4-2-5-10-29)42-40(47)41-34-14-8-13-33(24-34)39-49-35(25-37(50-39)32-17-15-31(28-45)16-18-32)27-44-21-19-43(20-22-44)26-30-11-6-3-7-12-30/h2-18,24,35-37,39,45H,19-23,25-28H2,1H3,(H2,41,42,47)/t35-,36-,37+,39+/m0/s1. The molecule has 10 heteroatoms. The first-order valence-corrected chi connectivity index (χ1v) is 17.2. The first-order valence-electron chi connectivity index (χ1n) is 17.2. The molecule has 0 saturated carbocycles. The molecule has 2 saturated heterocycles. The zero-order chi connectivity index (χ0) is 34.7. The molecule has 6 rings (SSSR count). The first kappa shape index (κ1) is 35.3. The molecular formula is C40H46N4O6. The predicted octanol–water partition coefficient (Wildman–Crippen LogP) is 5.45. The van der Waals surface area contributed by atoms with E-state index in [1.54, 1.807) is 6.07 Å². The number of methoxy groups -OCH3 is 1.